The summed E-state index contributed by atoms with van der Waals surface area (Å²) < 4.78 is 9.96. The van der Waals surface area contributed by atoms with E-state index in [0.717, 1.165) is 0 Å². The Bertz CT molecular complexity index is 665. The lowest BCUT2D eigenvalue weighted by Crippen LogP contribution is -2.13. The summed E-state index contributed by atoms with van der Waals surface area (Å²) in [5.41, 5.74) is 0.354. The number of non-ortho nitro benzene ring substituents is 1. The van der Waals surface area contributed by atoms with Gasteiger partial charge in [-0.15, -0.1) is 0 Å². The quantitative estimate of drug-likeness (QED) is 0.518. The van der Waals surface area contributed by atoms with E-state index in [1.165, 1.54) is 43.5 Å². The predicted octanol–water partition coefficient (Wildman–Crippen LogP) is 2.59. The minimum absolute atomic E-state index is 0.0242. The van der Waals surface area contributed by atoms with Crippen LogP contribution in [0.1, 0.15) is 11.7 Å². The summed E-state index contributed by atoms with van der Waals surface area (Å²) in [6.45, 7) is 0. The second-order valence-corrected chi connectivity index (χ2v) is 4.35. The molecule has 0 amide bonds. The number of nitrogens with zero attached hydrogens (tertiary/aromatic N) is 1. The van der Waals surface area contributed by atoms with Crippen LogP contribution in [0.2, 0.25) is 0 Å². The second-order valence-electron chi connectivity index (χ2n) is 4.35. The topological polar surface area (TPSA) is 98.9 Å². The van der Waals surface area contributed by atoms with Gasteiger partial charge >= 0.3 is 5.97 Å². The average Bonchev–Trinajstić information content (AvgIpc) is 2.54. The number of hydrogen-bond acceptors (Lipinski definition) is 6. The lowest BCUT2D eigenvalue weighted by Gasteiger charge is -2.10. The van der Waals surface area contributed by atoms with Crippen LogP contribution >= 0.6 is 0 Å². The Labute approximate surface area is 125 Å². The number of carbonyl (C=O) groups excluding carboxylic acids is 1. The Hall–Kier alpha value is -2.93. The van der Waals surface area contributed by atoms with Gasteiger partial charge in [-0.3, -0.25) is 10.1 Å². The molecule has 0 saturated carbocycles. The van der Waals surface area contributed by atoms with E-state index >= 15 is 0 Å². The van der Waals surface area contributed by atoms with Gasteiger partial charge in [0.05, 0.1) is 12.0 Å². The number of rotatable bonds is 5. The Morgan fingerprint density at radius 1 is 1.09 bits per heavy atom. The van der Waals surface area contributed by atoms with Gasteiger partial charge < -0.3 is 14.6 Å². The van der Waals surface area contributed by atoms with Crippen LogP contribution in [0.4, 0.5) is 5.69 Å². The van der Waals surface area contributed by atoms with Crippen LogP contribution in [-0.4, -0.2) is 23.1 Å². The molecule has 0 radical (unpaired) electrons. The number of methoxy groups -OCH3 is 1. The number of nitro groups is 1. The number of benzene rings is 2. The van der Waals surface area contributed by atoms with Crippen LogP contribution in [0, 0.1) is 10.1 Å². The zero-order valence-corrected chi connectivity index (χ0v) is 11.6. The Kier molecular flexibility index (Phi) is 4.70. The van der Waals surface area contributed by atoms with E-state index in [4.69, 9.17) is 4.74 Å². The Morgan fingerprint density at radius 3 is 2.05 bits per heavy atom. The molecule has 1 unspecified atom stereocenters. The lowest BCUT2D eigenvalue weighted by atomic mass is 10.1. The van der Waals surface area contributed by atoms with Crippen molar-refractivity contribution in [3.8, 4) is 11.5 Å². The van der Waals surface area contributed by atoms with E-state index in [2.05, 4.69) is 4.74 Å². The van der Waals surface area contributed by atoms with Crippen LogP contribution in [0.15, 0.2) is 48.5 Å². The van der Waals surface area contributed by atoms with Crippen LogP contribution in [-0.2, 0) is 9.53 Å². The van der Waals surface area contributed by atoms with E-state index in [0.29, 0.717) is 17.1 Å². The number of esters is 1. The first-order valence-corrected chi connectivity index (χ1v) is 6.29. The molecule has 1 atom stereocenters. The van der Waals surface area contributed by atoms with Gasteiger partial charge in [0.1, 0.15) is 11.5 Å². The van der Waals surface area contributed by atoms with Crippen LogP contribution in [0.3, 0.4) is 0 Å². The highest BCUT2D eigenvalue weighted by Gasteiger charge is 2.17. The maximum atomic E-state index is 11.2. The third kappa shape index (κ3) is 3.58. The van der Waals surface area contributed by atoms with Gasteiger partial charge in [0.15, 0.2) is 6.10 Å². The number of aliphatic hydroxyl groups is 1. The van der Waals surface area contributed by atoms with Crippen molar-refractivity contribution < 1.29 is 24.3 Å². The van der Waals surface area contributed by atoms with Crippen molar-refractivity contribution in [3.05, 3.63) is 64.2 Å². The third-order valence-corrected chi connectivity index (χ3v) is 2.90. The summed E-state index contributed by atoms with van der Waals surface area (Å²) in [6, 6.07) is 11.8. The summed E-state index contributed by atoms with van der Waals surface area (Å²) >= 11 is 0. The van der Waals surface area contributed by atoms with Gasteiger partial charge in [-0.2, -0.15) is 0 Å². The first-order chi connectivity index (χ1) is 10.5. The normalized spacial score (nSPS) is 11.5. The van der Waals surface area contributed by atoms with E-state index in [1.54, 1.807) is 12.1 Å². The molecule has 0 heterocycles. The molecule has 2 aromatic carbocycles. The summed E-state index contributed by atoms with van der Waals surface area (Å²) in [6.07, 6.45) is -1.35. The third-order valence-electron chi connectivity index (χ3n) is 2.90. The zero-order valence-electron chi connectivity index (χ0n) is 11.6. The van der Waals surface area contributed by atoms with Crippen LogP contribution in [0.25, 0.3) is 0 Å². The molecule has 0 aliphatic rings. The molecule has 7 heteroatoms. The van der Waals surface area contributed by atoms with Gasteiger partial charge in [-0.05, 0) is 29.8 Å². The fraction of sp³-hybridized carbons (Fsp3) is 0.133. The zero-order chi connectivity index (χ0) is 16.1. The molecule has 0 aliphatic carbocycles. The van der Waals surface area contributed by atoms with Crippen LogP contribution < -0.4 is 4.74 Å². The van der Waals surface area contributed by atoms with Crippen molar-refractivity contribution in [1.29, 1.82) is 0 Å². The molecule has 1 N–H and O–H groups in total. The maximum Gasteiger partial charge on any atom is 0.339 e. The van der Waals surface area contributed by atoms with Gasteiger partial charge in [-0.25, -0.2) is 4.79 Å². The van der Waals surface area contributed by atoms with E-state index < -0.39 is 17.0 Å². The molecule has 22 heavy (non-hydrogen) atoms. The monoisotopic (exact) mass is 303 g/mol. The molecule has 2 rings (SSSR count). The minimum Gasteiger partial charge on any atom is -0.467 e. The first kappa shape index (κ1) is 15.5. The molecule has 2 aromatic rings. The lowest BCUT2D eigenvalue weighted by molar-refractivity contribution is -0.384. The summed E-state index contributed by atoms with van der Waals surface area (Å²) in [4.78, 5) is 21.3. The summed E-state index contributed by atoms with van der Waals surface area (Å²) in [7, 11) is 1.19. The molecule has 0 fully saturated rings. The molecule has 0 saturated heterocycles. The first-order valence-electron chi connectivity index (χ1n) is 6.29. The highest BCUT2D eigenvalue weighted by atomic mass is 16.6. The molecule has 0 spiro atoms. The van der Waals surface area contributed by atoms with Crippen molar-refractivity contribution in [2.45, 2.75) is 6.10 Å². The predicted molar refractivity (Wildman–Crippen MR) is 76.6 cm³/mol. The molecular weight excluding hydrogens is 290 g/mol. The van der Waals surface area contributed by atoms with Crippen molar-refractivity contribution in [1.82, 2.24) is 0 Å². The minimum atomic E-state index is -1.35. The van der Waals surface area contributed by atoms with Gasteiger partial charge in [0.2, 0.25) is 0 Å². The van der Waals surface area contributed by atoms with Gasteiger partial charge in [-0.1, -0.05) is 12.1 Å². The number of ether oxygens (including phenoxy) is 2. The highest BCUT2D eigenvalue weighted by Crippen LogP contribution is 2.25. The number of carbonyl (C=O) groups is 1. The summed E-state index contributed by atoms with van der Waals surface area (Å²) in [5, 5.41) is 20.2. The maximum absolute atomic E-state index is 11.2. The summed E-state index contributed by atoms with van der Waals surface area (Å²) in [5.74, 6) is 0.158. The molecule has 7 nitrogen and oxygen atoms in total. The van der Waals surface area contributed by atoms with E-state index in [1.807, 2.05) is 0 Å². The smallest absolute Gasteiger partial charge is 0.339 e. The van der Waals surface area contributed by atoms with Crippen molar-refractivity contribution in [2.24, 2.45) is 0 Å². The molecule has 0 bridgehead atoms. The largest absolute Gasteiger partial charge is 0.467 e. The standard InChI is InChI=1S/C15H13NO6/c1-21-15(18)14(17)10-2-6-12(7-3-10)22-13-8-4-11(5-9-13)16(19)20/h2-9,14,17H,1H3. The SMILES string of the molecule is COC(=O)C(O)c1ccc(Oc2ccc([N+](=O)[O-])cc2)cc1. The van der Waals surface area contributed by atoms with Gasteiger partial charge in [0, 0.05) is 12.1 Å². The second kappa shape index (κ2) is 6.68. The Balaban J connectivity index is 2.08. The van der Waals surface area contributed by atoms with Gasteiger partial charge in [0.25, 0.3) is 5.69 Å². The fourth-order valence-electron chi connectivity index (χ4n) is 1.74. The molecule has 0 aliphatic heterocycles. The number of nitro benzene ring substituents is 1. The fourth-order valence-corrected chi connectivity index (χ4v) is 1.74. The average molecular weight is 303 g/mol. The number of hydrogen-bond donors (Lipinski definition) is 1. The van der Waals surface area contributed by atoms with Crippen LogP contribution in [0.5, 0.6) is 11.5 Å². The molecule has 114 valence electrons. The molecule has 0 aromatic heterocycles. The van der Waals surface area contributed by atoms with E-state index in [9.17, 15) is 20.0 Å². The molecular formula is C15H13NO6. The Morgan fingerprint density at radius 2 is 1.59 bits per heavy atom. The van der Waals surface area contributed by atoms with E-state index in [-0.39, 0.29) is 5.69 Å². The van der Waals surface area contributed by atoms with Crippen molar-refractivity contribution in [3.63, 3.8) is 0 Å². The van der Waals surface area contributed by atoms with Crippen molar-refractivity contribution in [2.75, 3.05) is 7.11 Å². The number of aliphatic hydroxyl groups excluding tert-OH is 1. The van der Waals surface area contributed by atoms with Crippen molar-refractivity contribution >= 4 is 11.7 Å². The highest BCUT2D eigenvalue weighted by molar-refractivity contribution is 5.76.